The molecule has 2 heteroatoms. The summed E-state index contributed by atoms with van der Waals surface area (Å²) >= 11 is 0. The maximum Gasteiger partial charge on any atom is 0.228 e. The van der Waals surface area contributed by atoms with Gasteiger partial charge in [-0.15, -0.1) is 0 Å². The highest BCUT2D eigenvalue weighted by Crippen LogP contribution is 2.38. The molecule has 35 heavy (non-hydrogen) atoms. The summed E-state index contributed by atoms with van der Waals surface area (Å²) in [4.78, 5) is 13.9. The number of carbonyl (C=O) groups excluding carboxylic acids is 1. The second-order valence-corrected chi connectivity index (χ2v) is 9.67. The van der Waals surface area contributed by atoms with Crippen LogP contribution in [0.1, 0.15) is 54.3 Å². The van der Waals surface area contributed by atoms with Crippen molar-refractivity contribution in [2.75, 3.05) is 0 Å². The zero-order chi connectivity index (χ0) is 23.9. The van der Waals surface area contributed by atoms with Crippen LogP contribution in [-0.2, 0) is 11.2 Å². The van der Waals surface area contributed by atoms with Crippen molar-refractivity contribution in [3.05, 3.63) is 132 Å². The van der Waals surface area contributed by atoms with E-state index in [1.807, 2.05) is 30.3 Å². The maximum atomic E-state index is 13.9. The van der Waals surface area contributed by atoms with Crippen molar-refractivity contribution >= 4 is 5.91 Å². The molecule has 1 fully saturated rings. The first kappa shape index (κ1) is 23.1. The maximum absolute atomic E-state index is 13.9. The largest absolute Gasteiger partial charge is 0.348 e. The van der Waals surface area contributed by atoms with Crippen LogP contribution in [0, 0.1) is 5.92 Å². The van der Waals surface area contributed by atoms with Gasteiger partial charge >= 0.3 is 0 Å². The molecule has 0 aliphatic heterocycles. The van der Waals surface area contributed by atoms with Crippen molar-refractivity contribution in [1.29, 1.82) is 0 Å². The molecular weight excluding hydrogens is 426 g/mol. The van der Waals surface area contributed by atoms with E-state index in [-0.39, 0.29) is 17.9 Å². The van der Waals surface area contributed by atoms with E-state index >= 15 is 0 Å². The summed E-state index contributed by atoms with van der Waals surface area (Å²) in [6, 6.07) is 39.8. The number of amides is 1. The Morgan fingerprint density at radius 1 is 0.657 bits per heavy atom. The lowest BCUT2D eigenvalue weighted by atomic mass is 9.83. The Labute approximate surface area is 209 Å². The van der Waals surface area contributed by atoms with E-state index in [0.29, 0.717) is 5.92 Å². The zero-order valence-electron chi connectivity index (χ0n) is 20.1. The molecule has 2 atom stereocenters. The average Bonchev–Trinajstić information content (AvgIpc) is 3.45. The number of hydrogen-bond acceptors (Lipinski definition) is 1. The van der Waals surface area contributed by atoms with Crippen LogP contribution in [0.4, 0.5) is 0 Å². The predicted octanol–water partition coefficient (Wildman–Crippen LogP) is 7.73. The molecule has 1 saturated carbocycles. The average molecular weight is 460 g/mol. The molecule has 4 aromatic rings. The fraction of sp³-hybridized carbons (Fsp3) is 0.242. The van der Waals surface area contributed by atoms with Crippen molar-refractivity contribution in [2.24, 2.45) is 5.92 Å². The third-order valence-electron chi connectivity index (χ3n) is 7.33. The number of hydrogen-bond donors (Lipinski definition) is 1. The second-order valence-electron chi connectivity index (χ2n) is 9.67. The van der Waals surface area contributed by atoms with Crippen LogP contribution < -0.4 is 5.32 Å². The van der Waals surface area contributed by atoms with Gasteiger partial charge in [-0.25, -0.2) is 0 Å². The van der Waals surface area contributed by atoms with Crippen molar-refractivity contribution in [2.45, 2.75) is 44.1 Å². The minimum Gasteiger partial charge on any atom is -0.348 e. The van der Waals surface area contributed by atoms with Gasteiger partial charge in [0.25, 0.3) is 0 Å². The van der Waals surface area contributed by atoms with Gasteiger partial charge in [0.1, 0.15) is 0 Å². The van der Waals surface area contributed by atoms with Crippen LogP contribution in [0.15, 0.2) is 115 Å². The minimum atomic E-state index is -0.0967. The molecule has 4 aromatic carbocycles. The van der Waals surface area contributed by atoms with Gasteiger partial charge in [0.15, 0.2) is 0 Å². The number of rotatable bonds is 8. The van der Waals surface area contributed by atoms with E-state index in [9.17, 15) is 4.79 Å². The van der Waals surface area contributed by atoms with Gasteiger partial charge < -0.3 is 5.32 Å². The molecule has 1 N–H and O–H groups in total. The highest BCUT2D eigenvalue weighted by Gasteiger charge is 2.33. The molecule has 0 saturated heterocycles. The van der Waals surface area contributed by atoms with Crippen molar-refractivity contribution in [3.63, 3.8) is 0 Å². The van der Waals surface area contributed by atoms with Gasteiger partial charge in [0.2, 0.25) is 5.91 Å². The predicted molar refractivity (Wildman–Crippen MR) is 144 cm³/mol. The standard InChI is InChI=1S/C33H33NO/c35-33(32(30-18-10-11-19-30)29-16-8-3-9-17-29)34-31(24-25-12-4-1-5-13-25)28-22-20-27(21-23-28)26-14-6-2-7-15-26/h1-9,12-17,20-23,30-32H,10-11,18-19,24H2,(H,34,35). The molecule has 0 bridgehead atoms. The van der Waals surface area contributed by atoms with Crippen LogP contribution in [0.25, 0.3) is 11.1 Å². The van der Waals surface area contributed by atoms with Gasteiger partial charge in [0.05, 0.1) is 12.0 Å². The van der Waals surface area contributed by atoms with E-state index in [4.69, 9.17) is 0 Å². The Morgan fingerprint density at radius 3 is 1.83 bits per heavy atom. The normalized spacial score (nSPS) is 15.4. The fourth-order valence-electron chi connectivity index (χ4n) is 5.49. The molecule has 5 rings (SSSR count). The molecular formula is C33H33NO. The summed E-state index contributed by atoms with van der Waals surface area (Å²) in [7, 11) is 0. The van der Waals surface area contributed by atoms with Gasteiger partial charge in [-0.2, -0.15) is 0 Å². The molecule has 0 heterocycles. The Morgan fingerprint density at radius 2 is 1.20 bits per heavy atom. The van der Waals surface area contributed by atoms with Crippen molar-refractivity contribution < 1.29 is 4.79 Å². The number of nitrogens with one attached hydrogen (secondary N) is 1. The third kappa shape index (κ3) is 5.71. The minimum absolute atomic E-state index is 0.0812. The summed E-state index contributed by atoms with van der Waals surface area (Å²) in [5.74, 6) is 0.465. The van der Waals surface area contributed by atoms with Crippen molar-refractivity contribution in [3.8, 4) is 11.1 Å². The molecule has 1 aliphatic rings. The molecule has 0 spiro atoms. The van der Waals surface area contributed by atoms with Crippen LogP contribution in [0.3, 0.4) is 0 Å². The topological polar surface area (TPSA) is 29.1 Å². The van der Waals surface area contributed by atoms with Gasteiger partial charge in [-0.1, -0.05) is 128 Å². The lowest BCUT2D eigenvalue weighted by Gasteiger charge is -2.27. The smallest absolute Gasteiger partial charge is 0.228 e. The van der Waals surface area contributed by atoms with Crippen LogP contribution in [-0.4, -0.2) is 5.91 Å². The molecule has 176 valence electrons. The van der Waals surface area contributed by atoms with Gasteiger partial charge in [0, 0.05) is 0 Å². The first-order valence-corrected chi connectivity index (χ1v) is 12.8. The lowest BCUT2D eigenvalue weighted by Crippen LogP contribution is -2.36. The Kier molecular flexibility index (Phi) is 7.38. The summed E-state index contributed by atoms with van der Waals surface area (Å²) in [5.41, 5.74) is 5.89. The summed E-state index contributed by atoms with van der Waals surface area (Å²) in [5, 5.41) is 3.48. The Bertz CT molecular complexity index is 1200. The van der Waals surface area contributed by atoms with Crippen LogP contribution in [0.5, 0.6) is 0 Å². The van der Waals surface area contributed by atoms with Crippen LogP contribution >= 0.6 is 0 Å². The highest BCUT2D eigenvalue weighted by atomic mass is 16.2. The molecule has 2 unspecified atom stereocenters. The Balaban J connectivity index is 1.43. The molecule has 0 aromatic heterocycles. The molecule has 2 nitrogen and oxygen atoms in total. The number of benzene rings is 4. The van der Waals surface area contributed by atoms with E-state index in [1.54, 1.807) is 0 Å². The lowest BCUT2D eigenvalue weighted by molar-refractivity contribution is -0.124. The monoisotopic (exact) mass is 459 g/mol. The first-order chi connectivity index (χ1) is 17.3. The van der Waals surface area contributed by atoms with Gasteiger partial charge in [-0.05, 0) is 53.0 Å². The zero-order valence-corrected chi connectivity index (χ0v) is 20.1. The summed E-state index contributed by atoms with van der Waals surface area (Å²) in [6.07, 6.45) is 5.46. The SMILES string of the molecule is O=C(NC(Cc1ccccc1)c1ccc(-c2ccccc2)cc1)C(c1ccccc1)C1CCCC1. The Hall–Kier alpha value is -3.65. The molecule has 1 aliphatic carbocycles. The van der Waals surface area contributed by atoms with Crippen molar-refractivity contribution in [1.82, 2.24) is 5.32 Å². The third-order valence-corrected chi connectivity index (χ3v) is 7.33. The van der Waals surface area contributed by atoms with E-state index in [1.165, 1.54) is 29.5 Å². The van der Waals surface area contributed by atoms with Crippen LogP contribution in [0.2, 0.25) is 0 Å². The fourth-order valence-corrected chi connectivity index (χ4v) is 5.49. The van der Waals surface area contributed by atoms with E-state index < -0.39 is 0 Å². The highest BCUT2D eigenvalue weighted by molar-refractivity contribution is 5.84. The van der Waals surface area contributed by atoms with E-state index in [0.717, 1.165) is 30.4 Å². The number of carbonyl (C=O) groups is 1. The van der Waals surface area contributed by atoms with Gasteiger partial charge in [-0.3, -0.25) is 4.79 Å². The second kappa shape index (κ2) is 11.2. The van der Waals surface area contributed by atoms with E-state index in [2.05, 4.69) is 90.2 Å². The first-order valence-electron chi connectivity index (χ1n) is 12.8. The summed E-state index contributed by atoms with van der Waals surface area (Å²) in [6.45, 7) is 0. The summed E-state index contributed by atoms with van der Waals surface area (Å²) < 4.78 is 0. The molecule has 1 amide bonds. The quantitative estimate of drug-likeness (QED) is 0.287. The molecule has 0 radical (unpaired) electrons.